The zero-order valence-electron chi connectivity index (χ0n) is 13.6. The molecule has 0 aliphatic carbocycles. The van der Waals surface area contributed by atoms with Crippen LogP contribution in [0.4, 0.5) is 0 Å². The highest BCUT2D eigenvalue weighted by atomic mass is 16.2. The number of carbonyl (C=O) groups excluding carboxylic acids is 1. The van der Waals surface area contributed by atoms with Crippen molar-refractivity contribution in [1.82, 2.24) is 29.6 Å². The lowest BCUT2D eigenvalue weighted by Gasteiger charge is -2.34. The van der Waals surface area contributed by atoms with Crippen LogP contribution in [-0.4, -0.2) is 68.2 Å². The first kappa shape index (κ1) is 14.6. The van der Waals surface area contributed by atoms with Crippen molar-refractivity contribution in [2.24, 2.45) is 0 Å². The quantitative estimate of drug-likeness (QED) is 0.822. The number of rotatable bonds is 2. The van der Waals surface area contributed by atoms with E-state index in [1.54, 1.807) is 0 Å². The maximum Gasteiger partial charge on any atom is 0.239 e. The van der Waals surface area contributed by atoms with Crippen molar-refractivity contribution < 1.29 is 4.79 Å². The molecule has 0 bridgehead atoms. The summed E-state index contributed by atoms with van der Waals surface area (Å²) in [7, 11) is 1.89. The van der Waals surface area contributed by atoms with Gasteiger partial charge in [0.2, 0.25) is 5.91 Å². The zero-order valence-corrected chi connectivity index (χ0v) is 13.6. The minimum absolute atomic E-state index is 0.0801. The van der Waals surface area contributed by atoms with Crippen LogP contribution < -0.4 is 0 Å². The number of piperidine rings is 1. The Kier molecular flexibility index (Phi) is 3.52. The predicted molar refractivity (Wildman–Crippen MR) is 85.1 cm³/mol. The smallest absolute Gasteiger partial charge is 0.239 e. The van der Waals surface area contributed by atoms with Crippen molar-refractivity contribution >= 4 is 11.6 Å². The Hall–Kier alpha value is -2.02. The van der Waals surface area contributed by atoms with Gasteiger partial charge in [0.1, 0.15) is 0 Å². The third-order valence-electron chi connectivity index (χ3n) is 5.15. The summed E-state index contributed by atoms with van der Waals surface area (Å²) in [6, 6.07) is 4.00. The Morgan fingerprint density at radius 3 is 2.57 bits per heavy atom. The molecule has 2 aliphatic heterocycles. The molecular weight excluding hydrogens is 292 g/mol. The monoisotopic (exact) mass is 314 g/mol. The molecule has 122 valence electrons. The van der Waals surface area contributed by atoms with Crippen molar-refractivity contribution in [3.63, 3.8) is 0 Å². The van der Waals surface area contributed by atoms with Crippen molar-refractivity contribution in [3.05, 3.63) is 23.7 Å². The van der Waals surface area contributed by atoms with Crippen LogP contribution in [-0.2, 0) is 4.79 Å². The van der Waals surface area contributed by atoms with E-state index in [1.807, 2.05) is 35.5 Å². The summed E-state index contributed by atoms with van der Waals surface area (Å²) in [6.07, 6.45) is 2.96. The molecule has 2 aliphatic rings. The summed E-state index contributed by atoms with van der Waals surface area (Å²) >= 11 is 0. The van der Waals surface area contributed by atoms with Gasteiger partial charge in [0, 0.05) is 19.5 Å². The summed E-state index contributed by atoms with van der Waals surface area (Å²) in [5.74, 6) is 1.59. The van der Waals surface area contributed by atoms with E-state index in [2.05, 4.69) is 20.2 Å². The summed E-state index contributed by atoms with van der Waals surface area (Å²) < 4.78 is 1.88. The molecule has 1 amide bonds. The number of likely N-dealkylation sites (N-methyl/N-ethyl adjacent to an activating group) is 1. The van der Waals surface area contributed by atoms with Gasteiger partial charge in [-0.05, 0) is 51.4 Å². The average molecular weight is 314 g/mol. The summed E-state index contributed by atoms with van der Waals surface area (Å²) in [5, 5.41) is 13.1. The first-order chi connectivity index (χ1) is 11.1. The van der Waals surface area contributed by atoms with Gasteiger partial charge in [-0.15, -0.1) is 10.2 Å². The highest BCUT2D eigenvalue weighted by Gasteiger charge is 2.36. The third-order valence-corrected chi connectivity index (χ3v) is 5.15. The first-order valence-corrected chi connectivity index (χ1v) is 8.31. The number of amides is 1. The largest absolute Gasteiger partial charge is 0.344 e. The van der Waals surface area contributed by atoms with Crippen LogP contribution in [0.2, 0.25) is 0 Å². The maximum absolute atomic E-state index is 12.2. The first-order valence-electron chi connectivity index (χ1n) is 8.31. The standard InChI is InChI=1S/C16H22N6O/c1-11-3-4-14-17-18-15(22(14)19-11)12-5-9-21(10-6-12)13-7-8-20(2)16(13)23/h3-4,12-13H,5-10H2,1-2H3. The summed E-state index contributed by atoms with van der Waals surface area (Å²) in [4.78, 5) is 16.4. The van der Waals surface area contributed by atoms with Crippen LogP contribution in [0.15, 0.2) is 12.1 Å². The fraction of sp³-hybridized carbons (Fsp3) is 0.625. The van der Waals surface area contributed by atoms with Crippen LogP contribution in [0.1, 0.15) is 36.7 Å². The molecule has 2 saturated heterocycles. The Bertz CT molecular complexity index is 733. The molecule has 0 N–H and O–H groups in total. The number of carbonyl (C=O) groups is 1. The topological polar surface area (TPSA) is 66.6 Å². The maximum atomic E-state index is 12.2. The molecular formula is C16H22N6O. The Balaban J connectivity index is 1.49. The van der Waals surface area contributed by atoms with Crippen LogP contribution in [0.5, 0.6) is 0 Å². The lowest BCUT2D eigenvalue weighted by atomic mass is 9.95. The third kappa shape index (κ3) is 2.49. The van der Waals surface area contributed by atoms with E-state index in [9.17, 15) is 4.79 Å². The molecule has 0 spiro atoms. The highest BCUT2D eigenvalue weighted by molar-refractivity contribution is 5.83. The van der Waals surface area contributed by atoms with Crippen LogP contribution >= 0.6 is 0 Å². The lowest BCUT2D eigenvalue weighted by molar-refractivity contribution is -0.131. The van der Waals surface area contributed by atoms with Gasteiger partial charge in [-0.1, -0.05) is 0 Å². The van der Waals surface area contributed by atoms with E-state index >= 15 is 0 Å². The number of hydrogen-bond donors (Lipinski definition) is 0. The van der Waals surface area contributed by atoms with Gasteiger partial charge in [-0.2, -0.15) is 9.61 Å². The number of likely N-dealkylation sites (tertiary alicyclic amines) is 2. The van der Waals surface area contributed by atoms with Crippen molar-refractivity contribution in [2.45, 2.75) is 38.1 Å². The lowest BCUT2D eigenvalue weighted by Crippen LogP contribution is -2.45. The van der Waals surface area contributed by atoms with Gasteiger partial charge in [-0.25, -0.2) is 0 Å². The van der Waals surface area contributed by atoms with Gasteiger partial charge >= 0.3 is 0 Å². The van der Waals surface area contributed by atoms with Crippen molar-refractivity contribution in [2.75, 3.05) is 26.7 Å². The second kappa shape index (κ2) is 5.56. The second-order valence-electron chi connectivity index (χ2n) is 6.68. The fourth-order valence-electron chi connectivity index (χ4n) is 3.76. The molecule has 1 atom stereocenters. The number of nitrogens with zero attached hydrogens (tertiary/aromatic N) is 6. The minimum Gasteiger partial charge on any atom is -0.344 e. The number of aromatic nitrogens is 4. The van der Waals surface area contributed by atoms with Gasteiger partial charge < -0.3 is 4.90 Å². The van der Waals surface area contributed by atoms with Gasteiger partial charge in [0.25, 0.3) is 0 Å². The van der Waals surface area contributed by atoms with E-state index < -0.39 is 0 Å². The van der Waals surface area contributed by atoms with Gasteiger partial charge in [-0.3, -0.25) is 9.69 Å². The fourth-order valence-corrected chi connectivity index (χ4v) is 3.76. The summed E-state index contributed by atoms with van der Waals surface area (Å²) in [6.45, 7) is 4.74. The zero-order chi connectivity index (χ0) is 16.0. The van der Waals surface area contributed by atoms with Crippen LogP contribution in [0, 0.1) is 6.92 Å². The van der Waals surface area contributed by atoms with Crippen molar-refractivity contribution in [3.8, 4) is 0 Å². The molecule has 0 saturated carbocycles. The van der Waals surface area contributed by atoms with Crippen molar-refractivity contribution in [1.29, 1.82) is 0 Å². The van der Waals surface area contributed by atoms with E-state index in [0.717, 1.165) is 56.1 Å². The summed E-state index contributed by atoms with van der Waals surface area (Å²) in [5.41, 5.74) is 1.77. The minimum atomic E-state index is 0.0801. The predicted octanol–water partition coefficient (Wildman–Crippen LogP) is 0.843. The molecule has 2 aromatic heterocycles. The molecule has 7 heteroatoms. The highest BCUT2D eigenvalue weighted by Crippen LogP contribution is 2.29. The molecule has 23 heavy (non-hydrogen) atoms. The van der Waals surface area contributed by atoms with E-state index in [-0.39, 0.29) is 11.9 Å². The molecule has 4 heterocycles. The molecule has 7 nitrogen and oxygen atoms in total. The Labute approximate surface area is 135 Å². The molecule has 0 aromatic carbocycles. The second-order valence-corrected chi connectivity index (χ2v) is 6.68. The van der Waals surface area contributed by atoms with Gasteiger partial charge in [0.05, 0.1) is 11.7 Å². The van der Waals surface area contributed by atoms with Gasteiger partial charge in [0.15, 0.2) is 11.5 Å². The number of hydrogen-bond acceptors (Lipinski definition) is 5. The molecule has 4 rings (SSSR count). The van der Waals surface area contributed by atoms with E-state index in [4.69, 9.17) is 0 Å². The molecule has 2 fully saturated rings. The Morgan fingerprint density at radius 1 is 1.09 bits per heavy atom. The van der Waals surface area contributed by atoms with E-state index in [1.165, 1.54) is 0 Å². The number of fused-ring (bicyclic) bond motifs is 1. The SMILES string of the molecule is Cc1ccc2nnc(C3CCN(C4CCN(C)C4=O)CC3)n2n1. The normalized spacial score (nSPS) is 24.0. The van der Waals surface area contributed by atoms with E-state index in [0.29, 0.717) is 5.92 Å². The van der Waals surface area contributed by atoms with Crippen LogP contribution in [0.3, 0.4) is 0 Å². The molecule has 1 unspecified atom stereocenters. The number of aryl methyl sites for hydroxylation is 1. The van der Waals surface area contributed by atoms with Crippen LogP contribution in [0.25, 0.3) is 5.65 Å². The molecule has 2 aromatic rings. The molecule has 0 radical (unpaired) electrons. The Morgan fingerprint density at radius 2 is 1.87 bits per heavy atom. The average Bonchev–Trinajstić information content (AvgIpc) is 3.12.